The van der Waals surface area contributed by atoms with Crippen LogP contribution in [-0.2, 0) is 21.6 Å². The van der Waals surface area contributed by atoms with E-state index in [-0.39, 0.29) is 11.3 Å². The van der Waals surface area contributed by atoms with Crippen molar-refractivity contribution in [1.29, 1.82) is 0 Å². The molecule has 1 aromatic heterocycles. The second kappa shape index (κ2) is 7.54. The molecule has 1 heterocycles. The lowest BCUT2D eigenvalue weighted by Gasteiger charge is -2.23. The highest BCUT2D eigenvalue weighted by Gasteiger charge is 2.25. The smallest absolute Gasteiger partial charge is 0.326 e. The first-order chi connectivity index (χ1) is 10.2. The lowest BCUT2D eigenvalue weighted by molar-refractivity contribution is -0.139. The molecule has 0 amide bonds. The largest absolute Gasteiger partial charge is 0.480 e. The van der Waals surface area contributed by atoms with E-state index in [0.717, 1.165) is 12.1 Å². The van der Waals surface area contributed by atoms with E-state index in [0.29, 0.717) is 18.2 Å². The van der Waals surface area contributed by atoms with Gasteiger partial charge >= 0.3 is 5.97 Å². The molecule has 0 spiro atoms. The number of hydrogen-bond acceptors (Lipinski definition) is 5. The number of anilines is 1. The van der Waals surface area contributed by atoms with E-state index in [1.165, 1.54) is 0 Å². The molecule has 1 aromatic rings. The van der Waals surface area contributed by atoms with Crippen LogP contribution in [0, 0.1) is 5.92 Å². The Hall–Kier alpha value is -1.69. The molecule has 0 aromatic carbocycles. The summed E-state index contributed by atoms with van der Waals surface area (Å²) in [4.78, 5) is 20.4. The van der Waals surface area contributed by atoms with Crippen LogP contribution in [0.2, 0.25) is 0 Å². The number of aromatic nitrogens is 2. The van der Waals surface area contributed by atoms with Crippen molar-refractivity contribution in [3.05, 3.63) is 17.6 Å². The summed E-state index contributed by atoms with van der Waals surface area (Å²) in [7, 11) is 1.60. The summed E-state index contributed by atoms with van der Waals surface area (Å²) in [6.45, 7) is 10.3. The first-order valence-corrected chi connectivity index (χ1v) is 7.55. The van der Waals surface area contributed by atoms with Crippen molar-refractivity contribution in [1.82, 2.24) is 9.97 Å². The van der Waals surface area contributed by atoms with Crippen LogP contribution in [0.5, 0.6) is 0 Å². The van der Waals surface area contributed by atoms with Gasteiger partial charge in [0.15, 0.2) is 0 Å². The molecular formula is C16H27N3O3. The number of rotatable bonds is 7. The molecule has 6 heteroatoms. The van der Waals surface area contributed by atoms with E-state index in [1.807, 2.05) is 34.6 Å². The Morgan fingerprint density at radius 3 is 2.50 bits per heavy atom. The molecule has 0 fully saturated rings. The Morgan fingerprint density at radius 1 is 1.41 bits per heavy atom. The predicted molar refractivity (Wildman–Crippen MR) is 85.9 cm³/mol. The molecule has 0 aliphatic rings. The molecule has 6 nitrogen and oxygen atoms in total. The Morgan fingerprint density at radius 2 is 2.05 bits per heavy atom. The highest BCUT2D eigenvalue weighted by Crippen LogP contribution is 2.22. The molecule has 2 N–H and O–H groups in total. The van der Waals surface area contributed by atoms with Crippen molar-refractivity contribution in [3.63, 3.8) is 0 Å². The van der Waals surface area contributed by atoms with E-state index in [1.54, 1.807) is 13.2 Å². The van der Waals surface area contributed by atoms with Crippen LogP contribution in [0.25, 0.3) is 0 Å². The minimum atomic E-state index is -0.876. The van der Waals surface area contributed by atoms with Crippen LogP contribution < -0.4 is 5.32 Å². The molecule has 0 radical (unpaired) electrons. The topological polar surface area (TPSA) is 84.3 Å². The van der Waals surface area contributed by atoms with Gasteiger partial charge in [-0.3, -0.25) is 0 Å². The average Bonchev–Trinajstić information content (AvgIpc) is 2.43. The highest BCUT2D eigenvalue weighted by molar-refractivity contribution is 5.77. The Labute approximate surface area is 132 Å². The van der Waals surface area contributed by atoms with Gasteiger partial charge in [0.1, 0.15) is 17.7 Å². The molecule has 0 saturated carbocycles. The van der Waals surface area contributed by atoms with Crippen molar-refractivity contribution in [3.8, 4) is 0 Å². The van der Waals surface area contributed by atoms with Gasteiger partial charge in [0.05, 0.1) is 12.3 Å². The molecule has 22 heavy (non-hydrogen) atoms. The predicted octanol–water partition coefficient (Wildman–Crippen LogP) is 2.83. The number of nitrogens with one attached hydrogen (secondary N) is 1. The van der Waals surface area contributed by atoms with E-state index >= 15 is 0 Å². The number of nitrogens with zero attached hydrogens (tertiary/aromatic N) is 2. The molecule has 1 rings (SSSR count). The van der Waals surface area contributed by atoms with E-state index in [4.69, 9.17) is 4.74 Å². The highest BCUT2D eigenvalue weighted by atomic mass is 16.5. The minimum absolute atomic E-state index is 0.00331. The minimum Gasteiger partial charge on any atom is -0.480 e. The van der Waals surface area contributed by atoms with Gasteiger partial charge in [0.25, 0.3) is 0 Å². The van der Waals surface area contributed by atoms with Gasteiger partial charge in [-0.15, -0.1) is 0 Å². The fourth-order valence-corrected chi connectivity index (χ4v) is 1.97. The zero-order valence-corrected chi connectivity index (χ0v) is 14.3. The first-order valence-electron chi connectivity index (χ1n) is 7.55. The van der Waals surface area contributed by atoms with Crippen molar-refractivity contribution in [2.24, 2.45) is 5.92 Å². The molecule has 0 unspecified atom stereocenters. The van der Waals surface area contributed by atoms with E-state index in [9.17, 15) is 9.90 Å². The van der Waals surface area contributed by atoms with Gasteiger partial charge < -0.3 is 15.2 Å². The SMILES string of the molecule is CC[C@H](C)[C@H](Nc1cc(COC)nc(C(C)(C)C)n1)C(=O)O. The Bertz CT molecular complexity index is 512. The second-order valence-corrected chi connectivity index (χ2v) is 6.60. The van der Waals surface area contributed by atoms with Crippen LogP contribution in [0.4, 0.5) is 5.82 Å². The second-order valence-electron chi connectivity index (χ2n) is 6.60. The summed E-state index contributed by atoms with van der Waals surface area (Å²) in [5.74, 6) is 0.313. The molecular weight excluding hydrogens is 282 g/mol. The van der Waals surface area contributed by atoms with Crippen molar-refractivity contribution >= 4 is 11.8 Å². The summed E-state index contributed by atoms with van der Waals surface area (Å²) in [5, 5.41) is 12.4. The van der Waals surface area contributed by atoms with Gasteiger partial charge in [-0.25, -0.2) is 14.8 Å². The van der Waals surface area contributed by atoms with Crippen LogP contribution in [0.15, 0.2) is 6.07 Å². The fraction of sp³-hybridized carbons (Fsp3) is 0.688. The van der Waals surface area contributed by atoms with E-state index < -0.39 is 12.0 Å². The van der Waals surface area contributed by atoms with Gasteiger partial charge in [-0.1, -0.05) is 41.0 Å². The van der Waals surface area contributed by atoms with Crippen LogP contribution in [-0.4, -0.2) is 34.2 Å². The molecule has 0 bridgehead atoms. The first kappa shape index (κ1) is 18.4. The lowest BCUT2D eigenvalue weighted by Crippen LogP contribution is -2.36. The average molecular weight is 309 g/mol. The zero-order chi connectivity index (χ0) is 16.9. The normalized spacial score (nSPS) is 14.5. The van der Waals surface area contributed by atoms with E-state index in [2.05, 4.69) is 15.3 Å². The maximum atomic E-state index is 11.5. The number of carbonyl (C=O) groups is 1. The molecule has 2 atom stereocenters. The summed E-state index contributed by atoms with van der Waals surface area (Å²) in [5.41, 5.74) is 0.508. The summed E-state index contributed by atoms with van der Waals surface area (Å²) in [6, 6.07) is 1.07. The fourth-order valence-electron chi connectivity index (χ4n) is 1.97. The van der Waals surface area contributed by atoms with Gasteiger partial charge in [0, 0.05) is 18.6 Å². The Kier molecular flexibility index (Phi) is 6.29. The molecule has 124 valence electrons. The number of hydrogen-bond donors (Lipinski definition) is 2. The number of carboxylic acids is 1. The number of methoxy groups -OCH3 is 1. The number of aliphatic carboxylic acids is 1. The zero-order valence-electron chi connectivity index (χ0n) is 14.3. The van der Waals surface area contributed by atoms with Crippen molar-refractivity contribution in [2.75, 3.05) is 12.4 Å². The third-order valence-electron chi connectivity index (χ3n) is 3.52. The molecule has 0 aliphatic carbocycles. The number of ether oxygens (including phenoxy) is 1. The van der Waals surface area contributed by atoms with Gasteiger partial charge in [-0.2, -0.15) is 0 Å². The summed E-state index contributed by atoms with van der Waals surface area (Å²) >= 11 is 0. The quantitative estimate of drug-likeness (QED) is 0.805. The van der Waals surface area contributed by atoms with Crippen LogP contribution in [0.1, 0.15) is 52.6 Å². The van der Waals surface area contributed by atoms with Crippen molar-refractivity contribution < 1.29 is 14.6 Å². The molecule has 0 saturated heterocycles. The maximum Gasteiger partial charge on any atom is 0.326 e. The van der Waals surface area contributed by atoms with Crippen LogP contribution in [0.3, 0.4) is 0 Å². The monoisotopic (exact) mass is 309 g/mol. The molecule has 0 aliphatic heterocycles. The van der Waals surface area contributed by atoms with Gasteiger partial charge in [-0.05, 0) is 5.92 Å². The third-order valence-corrected chi connectivity index (χ3v) is 3.52. The Balaban J connectivity index is 3.16. The van der Waals surface area contributed by atoms with Crippen molar-refractivity contribution in [2.45, 2.75) is 59.1 Å². The van der Waals surface area contributed by atoms with Crippen LogP contribution >= 0.6 is 0 Å². The number of carboxylic acid groups (broad SMARTS) is 1. The third kappa shape index (κ3) is 4.94. The maximum absolute atomic E-state index is 11.5. The standard InChI is InChI=1S/C16H27N3O3/c1-7-10(2)13(14(20)21)18-12-8-11(9-22-6)17-15(19-12)16(3,4)5/h8,10,13H,7,9H2,1-6H3,(H,20,21)(H,17,18,19)/t10-,13-/m0/s1. The summed E-state index contributed by atoms with van der Waals surface area (Å²) < 4.78 is 5.14. The lowest BCUT2D eigenvalue weighted by atomic mass is 9.95. The summed E-state index contributed by atoms with van der Waals surface area (Å²) in [6.07, 6.45) is 0.770. The van der Waals surface area contributed by atoms with Gasteiger partial charge in [0.2, 0.25) is 0 Å².